The summed E-state index contributed by atoms with van der Waals surface area (Å²) in [4.78, 5) is 32.1. The van der Waals surface area contributed by atoms with E-state index in [1.165, 1.54) is 12.8 Å². The van der Waals surface area contributed by atoms with Crippen molar-refractivity contribution < 1.29 is 9.59 Å². The van der Waals surface area contributed by atoms with Crippen LogP contribution < -0.4 is 10.2 Å². The molecule has 0 radical (unpaired) electrons. The molecule has 2 atom stereocenters. The zero-order valence-corrected chi connectivity index (χ0v) is 18.0. The minimum absolute atomic E-state index is 0.0991. The van der Waals surface area contributed by atoms with Crippen LogP contribution in [0.2, 0.25) is 0 Å². The third kappa shape index (κ3) is 3.75. The van der Waals surface area contributed by atoms with Crippen LogP contribution in [0.1, 0.15) is 43.0 Å². The molecule has 0 unspecified atom stereocenters. The van der Waals surface area contributed by atoms with Crippen molar-refractivity contribution in [2.45, 2.75) is 38.1 Å². The van der Waals surface area contributed by atoms with Gasteiger partial charge in [-0.2, -0.15) is 0 Å². The molecular formula is C23H34N4O2. The molecule has 6 nitrogen and oxygen atoms in total. The maximum atomic E-state index is 13.0. The number of rotatable bonds is 5. The van der Waals surface area contributed by atoms with E-state index in [1.54, 1.807) is 0 Å². The summed E-state index contributed by atoms with van der Waals surface area (Å²) >= 11 is 0. The van der Waals surface area contributed by atoms with E-state index in [0.717, 1.165) is 43.7 Å². The van der Waals surface area contributed by atoms with Gasteiger partial charge < -0.3 is 20.0 Å². The number of anilines is 1. The standard InChI is InChI=1S/C23H34N4O2/c1-4-5-12-26-15-19-20(16-26)23(24-21(19)28)10-13-27(14-11-23)22(29)17-6-8-18(9-7-17)25(2)3/h6-9,19-20H,4-5,10-16H2,1-3H3,(H,24,28)/t19-,20+/m1/s1. The highest BCUT2D eigenvalue weighted by Crippen LogP contribution is 2.44. The number of carbonyl (C=O) groups excluding carboxylic acids is 2. The van der Waals surface area contributed by atoms with Crippen LogP contribution in [0.4, 0.5) is 5.69 Å². The van der Waals surface area contributed by atoms with Gasteiger partial charge in [-0.1, -0.05) is 13.3 Å². The number of hydrogen-bond acceptors (Lipinski definition) is 4. The Bertz CT molecular complexity index is 753. The van der Waals surface area contributed by atoms with E-state index in [1.807, 2.05) is 48.2 Å². The molecule has 3 saturated heterocycles. The summed E-state index contributed by atoms with van der Waals surface area (Å²) in [5.74, 6) is 0.853. The molecule has 1 aromatic rings. The van der Waals surface area contributed by atoms with E-state index < -0.39 is 0 Å². The molecule has 158 valence electrons. The lowest BCUT2D eigenvalue weighted by atomic mass is 9.75. The number of unbranched alkanes of at least 4 members (excludes halogenated alkanes) is 1. The number of benzene rings is 1. The van der Waals surface area contributed by atoms with E-state index >= 15 is 0 Å². The van der Waals surface area contributed by atoms with Crippen molar-refractivity contribution in [2.75, 3.05) is 51.7 Å². The molecule has 29 heavy (non-hydrogen) atoms. The predicted octanol–water partition coefficient (Wildman–Crippen LogP) is 2.21. The Balaban J connectivity index is 1.39. The number of hydrogen-bond donors (Lipinski definition) is 1. The molecule has 3 heterocycles. The Morgan fingerprint density at radius 1 is 1.17 bits per heavy atom. The van der Waals surface area contributed by atoms with Crippen molar-refractivity contribution in [1.82, 2.24) is 15.1 Å². The number of piperidine rings is 1. The fraction of sp³-hybridized carbons (Fsp3) is 0.652. The zero-order chi connectivity index (χ0) is 20.6. The highest BCUT2D eigenvalue weighted by Gasteiger charge is 2.57. The SMILES string of the molecule is CCCCN1C[C@H]2C(=O)NC3(CCN(C(=O)c4ccc(N(C)C)cc4)CC3)[C@H]2C1. The first-order valence-corrected chi connectivity index (χ1v) is 11.0. The second-order valence-electron chi connectivity index (χ2n) is 9.21. The first-order valence-electron chi connectivity index (χ1n) is 11.0. The Kier molecular flexibility index (Phi) is 5.56. The number of nitrogens with one attached hydrogen (secondary N) is 1. The van der Waals surface area contributed by atoms with Crippen molar-refractivity contribution >= 4 is 17.5 Å². The van der Waals surface area contributed by atoms with Gasteiger partial charge in [-0.3, -0.25) is 9.59 Å². The summed E-state index contributed by atoms with van der Waals surface area (Å²) in [7, 11) is 3.99. The van der Waals surface area contributed by atoms with Gasteiger partial charge in [0.15, 0.2) is 0 Å². The molecule has 3 aliphatic heterocycles. The largest absolute Gasteiger partial charge is 0.378 e. The van der Waals surface area contributed by atoms with E-state index in [-0.39, 0.29) is 23.3 Å². The molecule has 1 spiro atoms. The Morgan fingerprint density at radius 2 is 1.86 bits per heavy atom. The summed E-state index contributed by atoms with van der Waals surface area (Å²) in [6, 6.07) is 7.81. The number of carbonyl (C=O) groups is 2. The highest BCUT2D eigenvalue weighted by atomic mass is 16.2. The zero-order valence-electron chi connectivity index (χ0n) is 18.0. The van der Waals surface area contributed by atoms with Crippen molar-refractivity contribution in [3.63, 3.8) is 0 Å². The Morgan fingerprint density at radius 3 is 2.48 bits per heavy atom. The van der Waals surface area contributed by atoms with E-state index in [0.29, 0.717) is 19.0 Å². The minimum Gasteiger partial charge on any atom is -0.378 e. The maximum absolute atomic E-state index is 13.0. The van der Waals surface area contributed by atoms with Gasteiger partial charge in [0.1, 0.15) is 0 Å². The van der Waals surface area contributed by atoms with Crippen LogP contribution in [0, 0.1) is 11.8 Å². The summed E-state index contributed by atoms with van der Waals surface area (Å²) in [5.41, 5.74) is 1.72. The van der Waals surface area contributed by atoms with Crippen LogP contribution in [0.3, 0.4) is 0 Å². The topological polar surface area (TPSA) is 55.9 Å². The van der Waals surface area contributed by atoms with Crippen molar-refractivity contribution in [1.29, 1.82) is 0 Å². The minimum atomic E-state index is -0.117. The molecule has 2 amide bonds. The van der Waals surface area contributed by atoms with Crippen molar-refractivity contribution in [2.24, 2.45) is 11.8 Å². The fourth-order valence-corrected chi connectivity index (χ4v) is 5.40. The van der Waals surface area contributed by atoms with Crippen LogP contribution in [0.15, 0.2) is 24.3 Å². The molecule has 3 aliphatic rings. The summed E-state index contributed by atoms with van der Waals surface area (Å²) in [6.07, 6.45) is 4.12. The molecule has 0 saturated carbocycles. The summed E-state index contributed by atoms with van der Waals surface area (Å²) in [5, 5.41) is 3.36. The average Bonchev–Trinajstić information content (AvgIpc) is 3.26. The quantitative estimate of drug-likeness (QED) is 0.826. The molecule has 4 rings (SSSR count). The van der Waals surface area contributed by atoms with Gasteiger partial charge >= 0.3 is 0 Å². The monoisotopic (exact) mass is 398 g/mol. The van der Waals surface area contributed by atoms with Crippen LogP contribution in [-0.2, 0) is 4.79 Å². The molecular weight excluding hydrogens is 364 g/mol. The molecule has 0 bridgehead atoms. The molecule has 0 aliphatic carbocycles. The second kappa shape index (κ2) is 7.98. The summed E-state index contributed by atoms with van der Waals surface area (Å²) < 4.78 is 0. The van der Waals surface area contributed by atoms with Gasteiger partial charge in [0.25, 0.3) is 5.91 Å². The van der Waals surface area contributed by atoms with Gasteiger partial charge in [0.2, 0.25) is 5.91 Å². The average molecular weight is 399 g/mol. The van der Waals surface area contributed by atoms with Gasteiger partial charge in [0, 0.05) is 63.0 Å². The fourth-order valence-electron chi connectivity index (χ4n) is 5.40. The molecule has 6 heteroatoms. The lowest BCUT2D eigenvalue weighted by Gasteiger charge is -2.42. The molecule has 1 aromatic carbocycles. The number of fused-ring (bicyclic) bond motifs is 2. The van der Waals surface area contributed by atoms with E-state index in [4.69, 9.17) is 0 Å². The Hall–Kier alpha value is -2.08. The predicted molar refractivity (Wildman–Crippen MR) is 115 cm³/mol. The lowest BCUT2D eigenvalue weighted by Crippen LogP contribution is -2.56. The van der Waals surface area contributed by atoms with Crippen LogP contribution in [0.25, 0.3) is 0 Å². The van der Waals surface area contributed by atoms with Gasteiger partial charge in [0.05, 0.1) is 5.92 Å². The second-order valence-corrected chi connectivity index (χ2v) is 9.21. The van der Waals surface area contributed by atoms with Crippen LogP contribution >= 0.6 is 0 Å². The number of amides is 2. The summed E-state index contributed by atoms with van der Waals surface area (Å²) in [6.45, 7) is 6.66. The third-order valence-electron chi connectivity index (χ3n) is 7.22. The van der Waals surface area contributed by atoms with Crippen molar-refractivity contribution in [3.05, 3.63) is 29.8 Å². The van der Waals surface area contributed by atoms with Gasteiger partial charge in [-0.15, -0.1) is 0 Å². The first-order chi connectivity index (χ1) is 13.9. The normalized spacial score (nSPS) is 25.9. The first kappa shape index (κ1) is 20.2. The molecule has 1 N–H and O–H groups in total. The maximum Gasteiger partial charge on any atom is 0.253 e. The lowest BCUT2D eigenvalue weighted by molar-refractivity contribution is -0.123. The van der Waals surface area contributed by atoms with E-state index in [9.17, 15) is 9.59 Å². The van der Waals surface area contributed by atoms with Gasteiger partial charge in [-0.25, -0.2) is 0 Å². The molecule has 0 aromatic heterocycles. The van der Waals surface area contributed by atoms with Crippen LogP contribution in [-0.4, -0.2) is 74.0 Å². The molecule has 3 fully saturated rings. The smallest absolute Gasteiger partial charge is 0.253 e. The number of nitrogens with zero attached hydrogens (tertiary/aromatic N) is 3. The van der Waals surface area contributed by atoms with Crippen molar-refractivity contribution in [3.8, 4) is 0 Å². The third-order valence-corrected chi connectivity index (χ3v) is 7.22. The van der Waals surface area contributed by atoms with Gasteiger partial charge in [-0.05, 0) is 50.1 Å². The number of likely N-dealkylation sites (tertiary alicyclic amines) is 2. The van der Waals surface area contributed by atoms with E-state index in [2.05, 4.69) is 17.1 Å². The Labute approximate surface area is 174 Å². The highest BCUT2D eigenvalue weighted by molar-refractivity contribution is 5.94. The van der Waals surface area contributed by atoms with Crippen LogP contribution in [0.5, 0.6) is 0 Å².